The molecule has 0 heterocycles. The van der Waals surface area contributed by atoms with E-state index in [-0.39, 0.29) is 0 Å². The maximum atomic E-state index is 2.41. The molecular weight excluding hydrogens is 528 g/mol. The van der Waals surface area contributed by atoms with Crippen LogP contribution in [-0.4, -0.2) is 0 Å². The highest BCUT2D eigenvalue weighted by Crippen LogP contribution is 2.47. The van der Waals surface area contributed by atoms with Crippen LogP contribution in [0.2, 0.25) is 0 Å². The number of hydrogen-bond acceptors (Lipinski definition) is 0. The van der Waals surface area contributed by atoms with Crippen molar-refractivity contribution in [1.29, 1.82) is 0 Å². The lowest BCUT2D eigenvalue weighted by Gasteiger charge is -2.21. The molecule has 0 fully saturated rings. The van der Waals surface area contributed by atoms with E-state index in [0.29, 0.717) is 0 Å². The Morgan fingerprint density at radius 1 is 0.295 bits per heavy atom. The minimum atomic E-state index is 1.23. The number of hydrogen-bond donors (Lipinski definition) is 0. The highest BCUT2D eigenvalue weighted by Gasteiger charge is 2.20. The third-order valence-electron chi connectivity index (χ3n) is 8.93. The van der Waals surface area contributed by atoms with Gasteiger partial charge >= 0.3 is 0 Å². The van der Waals surface area contributed by atoms with Gasteiger partial charge in [-0.25, -0.2) is 0 Å². The van der Waals surface area contributed by atoms with Crippen molar-refractivity contribution in [2.75, 3.05) is 0 Å². The van der Waals surface area contributed by atoms with Crippen molar-refractivity contribution in [3.63, 3.8) is 0 Å². The van der Waals surface area contributed by atoms with Gasteiger partial charge in [-0.05, 0) is 109 Å². The molecule has 0 saturated carbocycles. The van der Waals surface area contributed by atoms with Gasteiger partial charge < -0.3 is 0 Å². The molecule has 0 N–H and O–H groups in total. The van der Waals surface area contributed by atoms with Crippen LogP contribution < -0.4 is 0 Å². The molecule has 0 bridgehead atoms. The number of aryl methyl sites for hydroxylation is 2. The fourth-order valence-electron chi connectivity index (χ4n) is 6.85. The van der Waals surface area contributed by atoms with Gasteiger partial charge in [-0.2, -0.15) is 0 Å². The van der Waals surface area contributed by atoms with Gasteiger partial charge in [-0.3, -0.25) is 0 Å². The fraction of sp³-hybridized carbons (Fsp3) is 0.0455. The first-order valence-electron chi connectivity index (χ1n) is 15.4. The standard InChI is InChI=1S/C44H32/c1-29-21-23-38-40(24-29)43(36-19-11-18-33(26-36)31-12-5-3-6-13-31)37-22-20-30(2)25-41(37)44(38)42-28-35-17-10-9-16-34(35)27-39(42)32-14-7-4-8-15-32/h3-28H,1-2H3. The summed E-state index contributed by atoms with van der Waals surface area (Å²) in [6.45, 7) is 4.41. The van der Waals surface area contributed by atoms with Crippen LogP contribution in [0.15, 0.2) is 158 Å². The number of fused-ring (bicyclic) bond motifs is 3. The van der Waals surface area contributed by atoms with Gasteiger partial charge in [0, 0.05) is 0 Å². The van der Waals surface area contributed by atoms with Crippen molar-refractivity contribution in [3.05, 3.63) is 169 Å². The number of rotatable bonds is 4. The van der Waals surface area contributed by atoms with Crippen molar-refractivity contribution in [2.45, 2.75) is 13.8 Å². The van der Waals surface area contributed by atoms with Gasteiger partial charge in [-0.1, -0.05) is 151 Å². The van der Waals surface area contributed by atoms with Crippen LogP contribution in [0.25, 0.3) is 76.8 Å². The molecule has 0 aliphatic heterocycles. The Kier molecular flexibility index (Phi) is 6.35. The summed E-state index contributed by atoms with van der Waals surface area (Å²) in [5, 5.41) is 7.64. The minimum Gasteiger partial charge on any atom is -0.0622 e. The van der Waals surface area contributed by atoms with Gasteiger partial charge in [0.05, 0.1) is 0 Å². The van der Waals surface area contributed by atoms with E-state index in [1.807, 2.05) is 0 Å². The highest BCUT2D eigenvalue weighted by molar-refractivity contribution is 6.23. The Labute approximate surface area is 258 Å². The Balaban J connectivity index is 1.52. The molecule has 0 aromatic heterocycles. The van der Waals surface area contributed by atoms with Crippen molar-refractivity contribution in [2.24, 2.45) is 0 Å². The van der Waals surface area contributed by atoms with Crippen molar-refractivity contribution in [3.8, 4) is 44.5 Å². The molecule has 0 heteroatoms. The minimum absolute atomic E-state index is 1.23. The van der Waals surface area contributed by atoms with Crippen LogP contribution in [0.3, 0.4) is 0 Å². The van der Waals surface area contributed by atoms with Crippen LogP contribution in [0, 0.1) is 13.8 Å². The zero-order chi connectivity index (χ0) is 29.6. The molecular formula is C44H32. The SMILES string of the molecule is Cc1ccc2c(-c3cc4ccccc4cc3-c3ccccc3)c3cc(C)ccc3c(-c3cccc(-c4ccccc4)c3)c2c1. The monoisotopic (exact) mass is 560 g/mol. The first kappa shape index (κ1) is 26.2. The van der Waals surface area contributed by atoms with Gasteiger partial charge in [0.25, 0.3) is 0 Å². The summed E-state index contributed by atoms with van der Waals surface area (Å²) in [6.07, 6.45) is 0. The molecule has 0 unspecified atom stereocenters. The lowest BCUT2D eigenvalue weighted by molar-refractivity contribution is 1.49. The lowest BCUT2D eigenvalue weighted by Crippen LogP contribution is -1.94. The largest absolute Gasteiger partial charge is 0.0622 e. The van der Waals surface area contributed by atoms with E-state index in [1.165, 1.54) is 88.0 Å². The molecule has 0 spiro atoms. The first-order chi connectivity index (χ1) is 21.6. The molecule has 44 heavy (non-hydrogen) atoms. The third kappa shape index (κ3) is 4.48. The molecule has 0 nitrogen and oxygen atoms in total. The van der Waals surface area contributed by atoms with Gasteiger partial charge in [0.15, 0.2) is 0 Å². The lowest BCUT2D eigenvalue weighted by atomic mass is 9.82. The Morgan fingerprint density at radius 2 is 0.795 bits per heavy atom. The summed E-state index contributed by atoms with van der Waals surface area (Å²) in [4.78, 5) is 0. The van der Waals surface area contributed by atoms with E-state index in [9.17, 15) is 0 Å². The Morgan fingerprint density at radius 3 is 1.45 bits per heavy atom. The predicted molar refractivity (Wildman–Crippen MR) is 190 cm³/mol. The molecule has 8 aromatic rings. The van der Waals surface area contributed by atoms with Gasteiger partial charge in [0.1, 0.15) is 0 Å². The summed E-state index contributed by atoms with van der Waals surface area (Å²) in [6, 6.07) is 58.1. The van der Waals surface area contributed by atoms with Crippen molar-refractivity contribution >= 4 is 32.3 Å². The molecule has 0 aliphatic rings. The van der Waals surface area contributed by atoms with Crippen molar-refractivity contribution < 1.29 is 0 Å². The van der Waals surface area contributed by atoms with Crippen LogP contribution in [0.5, 0.6) is 0 Å². The van der Waals surface area contributed by atoms with E-state index in [4.69, 9.17) is 0 Å². The van der Waals surface area contributed by atoms with Crippen molar-refractivity contribution in [1.82, 2.24) is 0 Å². The quantitative estimate of drug-likeness (QED) is 0.188. The molecule has 0 saturated heterocycles. The summed E-state index contributed by atoms with van der Waals surface area (Å²) in [5.41, 5.74) is 12.6. The second-order valence-electron chi connectivity index (χ2n) is 11.9. The van der Waals surface area contributed by atoms with Crippen LogP contribution >= 0.6 is 0 Å². The molecule has 0 radical (unpaired) electrons. The molecule has 8 aromatic carbocycles. The predicted octanol–water partition coefficient (Wildman–Crippen LogP) is 12.4. The average Bonchev–Trinajstić information content (AvgIpc) is 3.07. The second-order valence-corrected chi connectivity index (χ2v) is 11.9. The summed E-state index contributed by atoms with van der Waals surface area (Å²) < 4.78 is 0. The van der Waals surface area contributed by atoms with E-state index in [2.05, 4.69) is 172 Å². The summed E-state index contributed by atoms with van der Waals surface area (Å²) in [7, 11) is 0. The topological polar surface area (TPSA) is 0 Å². The van der Waals surface area contributed by atoms with E-state index in [1.54, 1.807) is 0 Å². The van der Waals surface area contributed by atoms with Gasteiger partial charge in [0.2, 0.25) is 0 Å². The zero-order valence-electron chi connectivity index (χ0n) is 25.0. The van der Waals surface area contributed by atoms with E-state index < -0.39 is 0 Å². The summed E-state index contributed by atoms with van der Waals surface area (Å²) in [5.74, 6) is 0. The third-order valence-corrected chi connectivity index (χ3v) is 8.93. The second kappa shape index (κ2) is 10.7. The fourth-order valence-corrected chi connectivity index (χ4v) is 6.85. The zero-order valence-corrected chi connectivity index (χ0v) is 25.0. The molecule has 0 amide bonds. The van der Waals surface area contributed by atoms with Crippen LogP contribution in [-0.2, 0) is 0 Å². The maximum Gasteiger partial charge on any atom is -0.00198 e. The molecule has 0 aliphatic carbocycles. The van der Waals surface area contributed by atoms with E-state index in [0.717, 1.165) is 0 Å². The molecule has 208 valence electrons. The normalized spacial score (nSPS) is 11.4. The molecule has 8 rings (SSSR count). The highest BCUT2D eigenvalue weighted by atomic mass is 14.2. The Hall–Kier alpha value is -5.46. The van der Waals surface area contributed by atoms with Crippen LogP contribution in [0.1, 0.15) is 11.1 Å². The molecule has 0 atom stereocenters. The first-order valence-corrected chi connectivity index (χ1v) is 15.4. The average molecular weight is 561 g/mol. The van der Waals surface area contributed by atoms with E-state index >= 15 is 0 Å². The Bertz CT molecular complexity index is 2330. The van der Waals surface area contributed by atoms with Crippen LogP contribution in [0.4, 0.5) is 0 Å². The smallest absolute Gasteiger partial charge is 0.00198 e. The number of benzene rings is 8. The van der Waals surface area contributed by atoms with Gasteiger partial charge in [-0.15, -0.1) is 0 Å². The maximum absolute atomic E-state index is 2.41. The summed E-state index contributed by atoms with van der Waals surface area (Å²) >= 11 is 0.